The van der Waals surface area contributed by atoms with Crippen LogP contribution in [0, 0.1) is 5.92 Å². The molecule has 1 saturated heterocycles. The van der Waals surface area contributed by atoms with E-state index in [9.17, 15) is 0 Å². The Kier molecular flexibility index (Phi) is 3.78. The fourth-order valence-corrected chi connectivity index (χ4v) is 2.39. The predicted molar refractivity (Wildman–Crippen MR) is 76.3 cm³/mol. The number of nitrogens with zero attached hydrogens (tertiary/aromatic N) is 1. The van der Waals surface area contributed by atoms with Crippen molar-refractivity contribution < 1.29 is 9.47 Å². The van der Waals surface area contributed by atoms with Gasteiger partial charge in [0.15, 0.2) is 0 Å². The first-order valence-corrected chi connectivity index (χ1v) is 7.13. The van der Waals surface area contributed by atoms with Crippen LogP contribution in [0.15, 0.2) is 18.2 Å². The Bertz CT molecular complexity index is 426. The van der Waals surface area contributed by atoms with Crippen molar-refractivity contribution in [2.75, 3.05) is 44.8 Å². The lowest BCUT2D eigenvalue weighted by atomic mass is 10.2. The second-order valence-corrected chi connectivity index (χ2v) is 5.33. The number of methoxy groups -OCH3 is 1. The zero-order chi connectivity index (χ0) is 13.1. The van der Waals surface area contributed by atoms with Crippen LogP contribution in [0.25, 0.3) is 0 Å². The number of benzene rings is 1. The van der Waals surface area contributed by atoms with E-state index >= 15 is 0 Å². The summed E-state index contributed by atoms with van der Waals surface area (Å²) in [7, 11) is 1.71. The molecule has 1 aromatic rings. The van der Waals surface area contributed by atoms with Crippen molar-refractivity contribution in [2.24, 2.45) is 5.92 Å². The smallest absolute Gasteiger partial charge is 0.142 e. The maximum Gasteiger partial charge on any atom is 0.142 e. The molecule has 4 heteroatoms. The zero-order valence-corrected chi connectivity index (χ0v) is 11.5. The highest BCUT2D eigenvalue weighted by molar-refractivity contribution is 5.62. The van der Waals surface area contributed by atoms with Crippen molar-refractivity contribution in [2.45, 2.75) is 12.8 Å². The number of piperazine rings is 1. The Morgan fingerprint density at radius 3 is 2.74 bits per heavy atom. The maximum atomic E-state index is 6.00. The fourth-order valence-electron chi connectivity index (χ4n) is 2.39. The van der Waals surface area contributed by atoms with Gasteiger partial charge in [-0.1, -0.05) is 0 Å². The van der Waals surface area contributed by atoms with Gasteiger partial charge in [-0.2, -0.15) is 0 Å². The number of hydrogen-bond acceptors (Lipinski definition) is 4. The average Bonchev–Trinajstić information content (AvgIpc) is 3.30. The molecule has 0 radical (unpaired) electrons. The summed E-state index contributed by atoms with van der Waals surface area (Å²) in [5.74, 6) is 2.67. The first-order valence-electron chi connectivity index (χ1n) is 7.13. The monoisotopic (exact) mass is 262 g/mol. The van der Waals surface area contributed by atoms with Crippen LogP contribution in [0.5, 0.6) is 11.5 Å². The number of hydrogen-bond donors (Lipinski definition) is 1. The number of anilines is 1. The van der Waals surface area contributed by atoms with Gasteiger partial charge in [-0.15, -0.1) is 0 Å². The summed E-state index contributed by atoms with van der Waals surface area (Å²) in [6.07, 6.45) is 2.64. The van der Waals surface area contributed by atoms with Gasteiger partial charge in [0.05, 0.1) is 19.4 Å². The van der Waals surface area contributed by atoms with Crippen molar-refractivity contribution in [1.29, 1.82) is 0 Å². The van der Waals surface area contributed by atoms with E-state index in [1.807, 2.05) is 12.1 Å². The molecule has 0 amide bonds. The lowest BCUT2D eigenvalue weighted by molar-refractivity contribution is 0.299. The number of rotatable bonds is 5. The molecular weight excluding hydrogens is 240 g/mol. The van der Waals surface area contributed by atoms with Crippen LogP contribution in [-0.4, -0.2) is 39.9 Å². The zero-order valence-electron chi connectivity index (χ0n) is 11.5. The highest BCUT2D eigenvalue weighted by Crippen LogP contribution is 2.35. The Hall–Kier alpha value is -1.42. The molecule has 1 aliphatic heterocycles. The van der Waals surface area contributed by atoms with E-state index in [2.05, 4.69) is 16.3 Å². The second-order valence-electron chi connectivity index (χ2n) is 5.33. The topological polar surface area (TPSA) is 33.7 Å². The predicted octanol–water partition coefficient (Wildman–Crippen LogP) is 1.89. The molecule has 104 valence electrons. The summed E-state index contributed by atoms with van der Waals surface area (Å²) in [5.41, 5.74) is 1.17. The Labute approximate surface area is 114 Å². The molecule has 1 saturated carbocycles. The molecule has 1 N–H and O–H groups in total. The Morgan fingerprint density at radius 2 is 2.05 bits per heavy atom. The molecular formula is C15H22N2O2. The third-order valence-electron chi connectivity index (χ3n) is 3.80. The normalized spacial score (nSPS) is 19.3. The van der Waals surface area contributed by atoms with E-state index in [1.54, 1.807) is 7.11 Å². The van der Waals surface area contributed by atoms with Gasteiger partial charge < -0.3 is 19.7 Å². The van der Waals surface area contributed by atoms with Gasteiger partial charge in [-0.3, -0.25) is 0 Å². The molecule has 0 aromatic heterocycles. The van der Waals surface area contributed by atoms with E-state index < -0.39 is 0 Å². The van der Waals surface area contributed by atoms with Crippen LogP contribution in [0.2, 0.25) is 0 Å². The maximum absolute atomic E-state index is 6.00. The molecule has 1 heterocycles. The van der Waals surface area contributed by atoms with Crippen LogP contribution in [0.3, 0.4) is 0 Å². The molecule has 19 heavy (non-hydrogen) atoms. The summed E-state index contributed by atoms with van der Waals surface area (Å²) >= 11 is 0. The quantitative estimate of drug-likeness (QED) is 0.878. The standard InChI is InChI=1S/C15H22N2O2/c1-18-13-4-5-15(19-11-12-2-3-12)14(10-13)17-8-6-16-7-9-17/h4-5,10,12,16H,2-3,6-9,11H2,1H3. The van der Waals surface area contributed by atoms with E-state index in [1.165, 1.54) is 18.5 Å². The summed E-state index contributed by atoms with van der Waals surface area (Å²) in [4.78, 5) is 2.38. The number of nitrogens with one attached hydrogen (secondary N) is 1. The molecule has 0 bridgehead atoms. The highest BCUT2D eigenvalue weighted by atomic mass is 16.5. The lowest BCUT2D eigenvalue weighted by Crippen LogP contribution is -2.43. The lowest BCUT2D eigenvalue weighted by Gasteiger charge is -2.31. The van der Waals surface area contributed by atoms with Gasteiger partial charge in [-0.05, 0) is 30.9 Å². The van der Waals surface area contributed by atoms with Crippen molar-refractivity contribution >= 4 is 5.69 Å². The molecule has 1 aromatic carbocycles. The van der Waals surface area contributed by atoms with Gasteiger partial charge >= 0.3 is 0 Å². The minimum absolute atomic E-state index is 0.776. The molecule has 4 nitrogen and oxygen atoms in total. The van der Waals surface area contributed by atoms with Gasteiger partial charge in [-0.25, -0.2) is 0 Å². The second kappa shape index (κ2) is 5.70. The fraction of sp³-hybridized carbons (Fsp3) is 0.600. The molecule has 0 spiro atoms. The highest BCUT2D eigenvalue weighted by Gasteiger charge is 2.23. The molecule has 2 aliphatic rings. The van der Waals surface area contributed by atoms with E-state index in [0.717, 1.165) is 50.2 Å². The minimum Gasteiger partial charge on any atom is -0.497 e. The van der Waals surface area contributed by atoms with Crippen molar-refractivity contribution in [3.63, 3.8) is 0 Å². The summed E-state index contributed by atoms with van der Waals surface area (Å²) < 4.78 is 11.3. The summed E-state index contributed by atoms with van der Waals surface area (Å²) in [6.45, 7) is 4.95. The Balaban J connectivity index is 1.78. The minimum atomic E-state index is 0.776. The van der Waals surface area contributed by atoms with Crippen LogP contribution in [0.1, 0.15) is 12.8 Å². The first kappa shape index (κ1) is 12.6. The van der Waals surface area contributed by atoms with Gasteiger partial charge in [0, 0.05) is 32.2 Å². The van der Waals surface area contributed by atoms with Crippen molar-refractivity contribution in [3.8, 4) is 11.5 Å². The van der Waals surface area contributed by atoms with Crippen LogP contribution < -0.4 is 19.7 Å². The third kappa shape index (κ3) is 3.13. The van der Waals surface area contributed by atoms with E-state index in [0.29, 0.717) is 0 Å². The average molecular weight is 262 g/mol. The van der Waals surface area contributed by atoms with Crippen molar-refractivity contribution in [1.82, 2.24) is 5.32 Å². The summed E-state index contributed by atoms with van der Waals surface area (Å²) in [5, 5.41) is 3.38. The molecule has 0 unspecified atom stereocenters. The van der Waals surface area contributed by atoms with E-state index in [-0.39, 0.29) is 0 Å². The summed E-state index contributed by atoms with van der Waals surface area (Å²) in [6, 6.07) is 6.11. The molecule has 1 aliphatic carbocycles. The largest absolute Gasteiger partial charge is 0.497 e. The third-order valence-corrected chi connectivity index (χ3v) is 3.80. The first-order chi connectivity index (χ1) is 9.36. The van der Waals surface area contributed by atoms with Gasteiger partial charge in [0.25, 0.3) is 0 Å². The van der Waals surface area contributed by atoms with Crippen LogP contribution in [-0.2, 0) is 0 Å². The van der Waals surface area contributed by atoms with Crippen LogP contribution in [0.4, 0.5) is 5.69 Å². The van der Waals surface area contributed by atoms with Crippen molar-refractivity contribution in [3.05, 3.63) is 18.2 Å². The molecule has 3 rings (SSSR count). The molecule has 0 atom stereocenters. The van der Waals surface area contributed by atoms with Gasteiger partial charge in [0.1, 0.15) is 11.5 Å². The van der Waals surface area contributed by atoms with Crippen LogP contribution >= 0.6 is 0 Å². The van der Waals surface area contributed by atoms with E-state index in [4.69, 9.17) is 9.47 Å². The Morgan fingerprint density at radius 1 is 1.26 bits per heavy atom. The number of ether oxygens (including phenoxy) is 2. The molecule has 2 fully saturated rings. The van der Waals surface area contributed by atoms with Gasteiger partial charge in [0.2, 0.25) is 0 Å². The SMILES string of the molecule is COc1ccc(OCC2CC2)c(N2CCNCC2)c1.